The second-order valence-corrected chi connectivity index (χ2v) is 15.1. The number of benzene rings is 4. The van der Waals surface area contributed by atoms with Crippen LogP contribution in [-0.4, -0.2) is 3.71 Å². The maximum atomic E-state index is 12.2. The molecule has 4 aromatic rings. The Balaban J connectivity index is 0.000000146. The summed E-state index contributed by atoms with van der Waals surface area (Å²) in [6.07, 6.45) is 12.8. The van der Waals surface area contributed by atoms with Gasteiger partial charge < -0.3 is 0 Å². The number of rotatable bonds is 2. The van der Waals surface area contributed by atoms with E-state index in [0.29, 0.717) is 5.92 Å². The first-order valence-electron chi connectivity index (χ1n) is 16.6. The summed E-state index contributed by atoms with van der Waals surface area (Å²) in [4.78, 5) is 0. The van der Waals surface area contributed by atoms with Gasteiger partial charge in [0.15, 0.2) is 0 Å². The molecule has 0 fully saturated rings. The fourth-order valence-corrected chi connectivity index (χ4v) is 8.07. The molecule has 0 aliphatic heterocycles. The van der Waals surface area contributed by atoms with Gasteiger partial charge in [0.2, 0.25) is 0 Å². The normalized spacial score (nSPS) is 18.6. The van der Waals surface area contributed by atoms with E-state index in [-0.39, 0.29) is 16.6 Å². The summed E-state index contributed by atoms with van der Waals surface area (Å²) in [6.45, 7) is 18.0. The zero-order valence-electron chi connectivity index (χ0n) is 28.9. The quantitative estimate of drug-likeness (QED) is 0.161. The fourth-order valence-electron chi connectivity index (χ4n) is 7.60. The Morgan fingerprint density at radius 2 is 1.38 bits per heavy atom. The van der Waals surface area contributed by atoms with Crippen LogP contribution in [0.4, 0.5) is 4.39 Å². The molecule has 4 aliphatic rings. The Morgan fingerprint density at radius 3 is 1.98 bits per heavy atom. The Bertz CT molecular complexity index is 1910. The van der Waals surface area contributed by atoms with Gasteiger partial charge in [-0.25, -0.2) is 11.1 Å². The summed E-state index contributed by atoms with van der Waals surface area (Å²) < 4.78 is 14.2. The summed E-state index contributed by atoms with van der Waals surface area (Å²) in [5.41, 5.74) is 19.6. The first kappa shape index (κ1) is 33.4. The van der Waals surface area contributed by atoms with Gasteiger partial charge in [0.05, 0.1) is 0 Å². The third-order valence-corrected chi connectivity index (χ3v) is 10.6. The molecule has 47 heavy (non-hydrogen) atoms. The van der Waals surface area contributed by atoms with Crippen LogP contribution in [0.5, 0.6) is 0 Å². The van der Waals surface area contributed by atoms with Crippen molar-refractivity contribution in [3.63, 3.8) is 0 Å². The van der Waals surface area contributed by atoms with Crippen molar-refractivity contribution in [2.75, 3.05) is 0 Å². The van der Waals surface area contributed by atoms with E-state index in [1.807, 2.05) is 9.78 Å². The van der Waals surface area contributed by atoms with E-state index in [0.717, 1.165) is 12.0 Å². The third-order valence-electron chi connectivity index (χ3n) is 9.82. The van der Waals surface area contributed by atoms with E-state index >= 15 is 0 Å². The molecule has 1 atom stereocenters. The van der Waals surface area contributed by atoms with Crippen molar-refractivity contribution >= 4 is 20.4 Å². The molecule has 0 spiro atoms. The molecule has 234 valence electrons. The summed E-state index contributed by atoms with van der Waals surface area (Å²) >= 11 is 1.34. The van der Waals surface area contributed by atoms with E-state index in [1.165, 1.54) is 109 Å². The minimum atomic E-state index is -0.170. The molecular weight excluding hydrogens is 651 g/mol. The van der Waals surface area contributed by atoms with Crippen LogP contribution in [0.3, 0.4) is 0 Å². The van der Waals surface area contributed by atoms with Gasteiger partial charge in [0, 0.05) is 5.41 Å². The summed E-state index contributed by atoms with van der Waals surface area (Å²) in [6, 6.07) is 26.8. The molecule has 0 bridgehead atoms. The molecule has 0 heterocycles. The van der Waals surface area contributed by atoms with Crippen LogP contribution in [-0.2, 0) is 41.5 Å². The number of allylic oxidation sites excluding steroid dienone is 8. The standard InChI is InChI=1S/C25H25.C13H13.C7H5F.Zr/c1-14-12-24(3,4)22-8-16-7-17-9-23-19(15(2)13-25(23,5)6)11-21(17)20(16)10-18(14)22;1-10-8-11(2)13(9-10)12-6-4-3-5-7-12;1-6-2-4-7(8)5-3-6;/h8-12H,7H2,1-6H3;3-7,9-10H,1-2H3;1-5H;/q2*-1;;+2. The Morgan fingerprint density at radius 1 is 0.766 bits per heavy atom. The SMILES string of the molecule is CC1=[C-]C(C)(C)c2cc3c(cc21)-c1cc2c(cc1C3)C(C)(C)C=C2C.CC1=[C-]C(C)C=C1c1ccccc1.Fc1ccc([CH]=[Zr+2])cc1. The maximum absolute atomic E-state index is 12.2. The zero-order chi connectivity index (χ0) is 33.7. The van der Waals surface area contributed by atoms with Crippen molar-refractivity contribution in [3.8, 4) is 11.1 Å². The van der Waals surface area contributed by atoms with Crippen LogP contribution in [0.25, 0.3) is 27.8 Å². The summed E-state index contributed by atoms with van der Waals surface area (Å²) in [5, 5.41) is 0. The van der Waals surface area contributed by atoms with Gasteiger partial charge in [-0.1, -0.05) is 108 Å². The van der Waals surface area contributed by atoms with Gasteiger partial charge in [-0.15, -0.1) is 17.2 Å². The fraction of sp³-hybridized carbons (Fsp3) is 0.267. The molecule has 4 aliphatic carbocycles. The molecule has 0 saturated heterocycles. The van der Waals surface area contributed by atoms with Gasteiger partial charge in [-0.3, -0.25) is 12.2 Å². The van der Waals surface area contributed by atoms with Crippen LogP contribution >= 0.6 is 0 Å². The van der Waals surface area contributed by atoms with Crippen molar-refractivity contribution in [1.82, 2.24) is 0 Å². The van der Waals surface area contributed by atoms with Crippen LogP contribution in [0, 0.1) is 23.9 Å². The average Bonchev–Trinajstić information content (AvgIpc) is 3.70. The number of fused-ring (bicyclic) bond motifs is 5. The molecule has 0 N–H and O–H groups in total. The van der Waals surface area contributed by atoms with Gasteiger partial charge in [-0.2, -0.15) is 17.2 Å². The zero-order valence-corrected chi connectivity index (χ0v) is 31.4. The molecule has 8 rings (SSSR count). The van der Waals surface area contributed by atoms with Gasteiger partial charge in [0.25, 0.3) is 0 Å². The minimum absolute atomic E-state index is 0.0340. The van der Waals surface area contributed by atoms with Crippen molar-refractivity contribution in [2.45, 2.75) is 72.6 Å². The average molecular weight is 694 g/mol. The third kappa shape index (κ3) is 6.64. The van der Waals surface area contributed by atoms with Crippen LogP contribution in [0.15, 0.2) is 96.6 Å². The molecule has 2 heteroatoms. The molecule has 0 aromatic heterocycles. The molecule has 0 saturated carbocycles. The van der Waals surface area contributed by atoms with E-state index in [9.17, 15) is 4.39 Å². The van der Waals surface area contributed by atoms with Crippen LogP contribution in [0.2, 0.25) is 0 Å². The van der Waals surface area contributed by atoms with E-state index in [1.54, 1.807) is 12.1 Å². The molecule has 1 unspecified atom stereocenters. The van der Waals surface area contributed by atoms with Gasteiger partial charge >= 0.3 is 68.0 Å². The monoisotopic (exact) mass is 692 g/mol. The Kier molecular flexibility index (Phi) is 9.14. The topological polar surface area (TPSA) is 0 Å². The van der Waals surface area contributed by atoms with Gasteiger partial charge in [0.1, 0.15) is 0 Å². The van der Waals surface area contributed by atoms with E-state index in [4.69, 9.17) is 0 Å². The van der Waals surface area contributed by atoms with Crippen molar-refractivity contribution in [3.05, 3.63) is 159 Å². The predicted molar refractivity (Wildman–Crippen MR) is 194 cm³/mol. The molecular formula is C45H43FZr. The molecule has 4 aromatic carbocycles. The van der Waals surface area contributed by atoms with E-state index in [2.05, 4.69) is 128 Å². The first-order valence-corrected chi connectivity index (χ1v) is 18.0. The number of halogens is 1. The van der Waals surface area contributed by atoms with Crippen molar-refractivity contribution in [1.29, 1.82) is 0 Å². The summed E-state index contributed by atoms with van der Waals surface area (Å²) in [5.74, 6) is 0.298. The second-order valence-electron chi connectivity index (χ2n) is 14.4. The molecule has 0 radical (unpaired) electrons. The van der Waals surface area contributed by atoms with Gasteiger partial charge in [-0.05, 0) is 58.4 Å². The first-order chi connectivity index (χ1) is 22.3. The predicted octanol–water partition coefficient (Wildman–Crippen LogP) is 11.4. The number of hydrogen-bond donors (Lipinski definition) is 0. The number of hydrogen-bond acceptors (Lipinski definition) is 0. The van der Waals surface area contributed by atoms with Crippen molar-refractivity contribution in [2.24, 2.45) is 5.92 Å². The summed E-state index contributed by atoms with van der Waals surface area (Å²) in [7, 11) is 0. The Hall–Kier alpha value is -3.48. The second kappa shape index (κ2) is 12.9. The molecule has 0 amide bonds. The van der Waals surface area contributed by atoms with Crippen LogP contribution < -0.4 is 0 Å². The van der Waals surface area contributed by atoms with Crippen molar-refractivity contribution < 1.29 is 28.6 Å². The van der Waals surface area contributed by atoms with Crippen LogP contribution in [0.1, 0.15) is 99.9 Å². The Labute approximate surface area is 296 Å². The van der Waals surface area contributed by atoms with E-state index < -0.39 is 0 Å². The molecule has 0 nitrogen and oxygen atoms in total.